The van der Waals surface area contributed by atoms with Gasteiger partial charge >= 0.3 is 0 Å². The van der Waals surface area contributed by atoms with E-state index in [9.17, 15) is 14.9 Å². The highest BCUT2D eigenvalue weighted by Gasteiger charge is 2.34. The molecular formula is C18H12N2O2. The number of hydrogen-bond acceptors (Lipinski definition) is 3. The predicted molar refractivity (Wildman–Crippen MR) is 82.5 cm³/mol. The van der Waals surface area contributed by atoms with Crippen LogP contribution in [0.2, 0.25) is 0 Å². The van der Waals surface area contributed by atoms with Gasteiger partial charge in [0.05, 0.1) is 12.1 Å². The Labute approximate surface area is 127 Å². The second-order valence-corrected chi connectivity index (χ2v) is 4.88. The Morgan fingerprint density at radius 2 is 1.50 bits per heavy atom. The minimum absolute atomic E-state index is 0.0228. The van der Waals surface area contributed by atoms with Crippen molar-refractivity contribution in [2.75, 3.05) is 4.90 Å². The molecule has 2 aromatic rings. The first-order valence-corrected chi connectivity index (χ1v) is 6.83. The number of imide groups is 1. The number of benzene rings is 2. The Morgan fingerprint density at radius 3 is 2.09 bits per heavy atom. The van der Waals surface area contributed by atoms with E-state index in [0.717, 1.165) is 10.5 Å². The van der Waals surface area contributed by atoms with Crippen molar-refractivity contribution in [3.63, 3.8) is 0 Å². The molecule has 0 unspecified atom stereocenters. The van der Waals surface area contributed by atoms with E-state index in [4.69, 9.17) is 0 Å². The van der Waals surface area contributed by atoms with E-state index < -0.39 is 5.91 Å². The molecule has 1 heterocycles. The molecule has 2 amide bonds. The van der Waals surface area contributed by atoms with Crippen molar-refractivity contribution in [2.24, 2.45) is 0 Å². The summed E-state index contributed by atoms with van der Waals surface area (Å²) < 4.78 is 0. The van der Waals surface area contributed by atoms with Crippen molar-refractivity contribution in [1.82, 2.24) is 0 Å². The smallest absolute Gasteiger partial charge is 0.274 e. The SMILES string of the molecule is N#CC1=C(c2ccccc2)CC(=O)N(c2ccccc2)C1=O. The number of anilines is 1. The zero-order valence-corrected chi connectivity index (χ0v) is 11.7. The summed E-state index contributed by atoms with van der Waals surface area (Å²) >= 11 is 0. The molecule has 4 nitrogen and oxygen atoms in total. The van der Waals surface area contributed by atoms with Crippen LogP contribution < -0.4 is 4.90 Å². The van der Waals surface area contributed by atoms with Gasteiger partial charge in [0.2, 0.25) is 5.91 Å². The van der Waals surface area contributed by atoms with E-state index in [0.29, 0.717) is 11.3 Å². The highest BCUT2D eigenvalue weighted by Crippen LogP contribution is 2.31. The largest absolute Gasteiger partial charge is 0.276 e. The van der Waals surface area contributed by atoms with E-state index in [1.807, 2.05) is 24.3 Å². The first-order valence-electron chi connectivity index (χ1n) is 6.83. The minimum atomic E-state index is -0.566. The van der Waals surface area contributed by atoms with Gasteiger partial charge in [-0.25, -0.2) is 4.90 Å². The molecule has 0 bridgehead atoms. The van der Waals surface area contributed by atoms with Crippen molar-refractivity contribution in [3.8, 4) is 6.07 Å². The van der Waals surface area contributed by atoms with Gasteiger partial charge in [-0.3, -0.25) is 9.59 Å². The molecule has 2 aromatic carbocycles. The fourth-order valence-electron chi connectivity index (χ4n) is 2.51. The van der Waals surface area contributed by atoms with E-state index in [1.54, 1.807) is 42.5 Å². The molecular weight excluding hydrogens is 276 g/mol. The molecule has 0 aromatic heterocycles. The van der Waals surface area contributed by atoms with Crippen LogP contribution in [0.4, 0.5) is 5.69 Å². The number of nitrogens with zero attached hydrogens (tertiary/aromatic N) is 2. The number of para-hydroxylation sites is 1. The van der Waals surface area contributed by atoms with Gasteiger partial charge in [-0.1, -0.05) is 48.5 Å². The Balaban J connectivity index is 2.10. The monoisotopic (exact) mass is 288 g/mol. The molecule has 1 aliphatic heterocycles. The Hall–Kier alpha value is -3.19. The fraction of sp³-hybridized carbons (Fsp3) is 0.0556. The molecule has 0 saturated carbocycles. The lowest BCUT2D eigenvalue weighted by atomic mass is 9.92. The predicted octanol–water partition coefficient (Wildman–Crippen LogP) is 2.93. The van der Waals surface area contributed by atoms with Crippen molar-refractivity contribution in [1.29, 1.82) is 5.26 Å². The van der Waals surface area contributed by atoms with Gasteiger partial charge < -0.3 is 0 Å². The maximum atomic E-state index is 12.6. The average molecular weight is 288 g/mol. The molecule has 0 radical (unpaired) electrons. The fourth-order valence-corrected chi connectivity index (χ4v) is 2.51. The second kappa shape index (κ2) is 5.66. The summed E-state index contributed by atoms with van der Waals surface area (Å²) in [4.78, 5) is 26.1. The van der Waals surface area contributed by atoms with Crippen molar-refractivity contribution < 1.29 is 9.59 Å². The van der Waals surface area contributed by atoms with E-state index in [-0.39, 0.29) is 17.9 Å². The van der Waals surface area contributed by atoms with Gasteiger partial charge in [0.15, 0.2) is 0 Å². The minimum Gasteiger partial charge on any atom is -0.274 e. The Kier molecular flexibility index (Phi) is 3.55. The zero-order valence-electron chi connectivity index (χ0n) is 11.7. The molecule has 0 atom stereocenters. The average Bonchev–Trinajstić information content (AvgIpc) is 2.56. The van der Waals surface area contributed by atoms with Crippen molar-refractivity contribution in [3.05, 3.63) is 71.8 Å². The normalized spacial score (nSPS) is 15.0. The standard InChI is InChI=1S/C18H12N2O2/c19-12-16-15(13-7-3-1-4-8-13)11-17(21)20(18(16)22)14-9-5-2-6-10-14/h1-10H,11H2. The maximum absolute atomic E-state index is 12.6. The highest BCUT2D eigenvalue weighted by molar-refractivity contribution is 6.29. The number of amides is 2. The molecule has 4 heteroatoms. The van der Waals surface area contributed by atoms with Crippen LogP contribution in [0.15, 0.2) is 66.2 Å². The summed E-state index contributed by atoms with van der Waals surface area (Å²) in [5, 5.41) is 9.38. The third kappa shape index (κ3) is 2.29. The van der Waals surface area contributed by atoms with Crippen LogP contribution in [0.1, 0.15) is 12.0 Å². The lowest BCUT2D eigenvalue weighted by Gasteiger charge is -2.26. The van der Waals surface area contributed by atoms with Gasteiger partial charge in [0.1, 0.15) is 11.6 Å². The number of nitriles is 1. The molecule has 106 valence electrons. The number of carbonyl (C=O) groups is 2. The van der Waals surface area contributed by atoms with Crippen LogP contribution in [0.3, 0.4) is 0 Å². The third-order valence-corrected chi connectivity index (χ3v) is 3.54. The number of rotatable bonds is 2. The van der Waals surface area contributed by atoms with Crippen LogP contribution in [0.25, 0.3) is 5.57 Å². The van der Waals surface area contributed by atoms with Crippen molar-refractivity contribution >= 4 is 23.1 Å². The molecule has 3 rings (SSSR count). The van der Waals surface area contributed by atoms with Gasteiger partial charge in [-0.15, -0.1) is 0 Å². The van der Waals surface area contributed by atoms with Gasteiger partial charge in [0.25, 0.3) is 5.91 Å². The second-order valence-electron chi connectivity index (χ2n) is 4.88. The number of hydrogen-bond donors (Lipinski definition) is 0. The first-order chi connectivity index (χ1) is 10.7. The molecule has 1 aliphatic rings. The summed E-state index contributed by atoms with van der Waals surface area (Å²) in [5.41, 5.74) is 1.73. The number of carbonyl (C=O) groups excluding carboxylic acids is 2. The summed E-state index contributed by atoms with van der Waals surface area (Å²) in [7, 11) is 0. The van der Waals surface area contributed by atoms with Gasteiger partial charge in [0, 0.05) is 0 Å². The third-order valence-electron chi connectivity index (χ3n) is 3.54. The van der Waals surface area contributed by atoms with Crippen LogP contribution in [0.5, 0.6) is 0 Å². The summed E-state index contributed by atoms with van der Waals surface area (Å²) in [6, 6.07) is 19.7. The van der Waals surface area contributed by atoms with Crippen LogP contribution >= 0.6 is 0 Å². The van der Waals surface area contributed by atoms with E-state index in [2.05, 4.69) is 0 Å². The molecule has 0 aliphatic carbocycles. The maximum Gasteiger partial charge on any atom is 0.276 e. The molecule has 0 N–H and O–H groups in total. The summed E-state index contributed by atoms with van der Waals surface area (Å²) in [5.74, 6) is -0.891. The lowest BCUT2D eigenvalue weighted by Crippen LogP contribution is -2.41. The summed E-state index contributed by atoms with van der Waals surface area (Å²) in [6.07, 6.45) is 0.0353. The zero-order chi connectivity index (χ0) is 15.5. The van der Waals surface area contributed by atoms with E-state index >= 15 is 0 Å². The van der Waals surface area contributed by atoms with Crippen LogP contribution in [-0.2, 0) is 9.59 Å². The summed E-state index contributed by atoms with van der Waals surface area (Å²) in [6.45, 7) is 0. The van der Waals surface area contributed by atoms with Gasteiger partial charge in [-0.05, 0) is 23.3 Å². The van der Waals surface area contributed by atoms with Crippen LogP contribution in [-0.4, -0.2) is 11.8 Å². The topological polar surface area (TPSA) is 61.2 Å². The van der Waals surface area contributed by atoms with Gasteiger partial charge in [-0.2, -0.15) is 5.26 Å². The molecule has 0 saturated heterocycles. The first kappa shape index (κ1) is 13.8. The Morgan fingerprint density at radius 1 is 0.909 bits per heavy atom. The molecule has 0 spiro atoms. The molecule has 0 fully saturated rings. The quantitative estimate of drug-likeness (QED) is 0.798. The highest BCUT2D eigenvalue weighted by atomic mass is 16.2. The molecule has 22 heavy (non-hydrogen) atoms. The Bertz CT molecular complexity index is 802. The van der Waals surface area contributed by atoms with Crippen molar-refractivity contribution in [2.45, 2.75) is 6.42 Å². The lowest BCUT2D eigenvalue weighted by molar-refractivity contribution is -0.124. The van der Waals surface area contributed by atoms with E-state index in [1.165, 1.54) is 0 Å². The van der Waals surface area contributed by atoms with Crippen LogP contribution in [0, 0.1) is 11.3 Å².